The van der Waals surface area contributed by atoms with Crippen molar-refractivity contribution in [2.45, 2.75) is 39.2 Å². The molecule has 0 unspecified atom stereocenters. The lowest BCUT2D eigenvalue weighted by Crippen LogP contribution is -2.41. The van der Waals surface area contributed by atoms with Gasteiger partial charge in [0.05, 0.1) is 0 Å². The number of hydrogen-bond acceptors (Lipinski definition) is 2. The zero-order chi connectivity index (χ0) is 11.2. The average Bonchev–Trinajstić information content (AvgIpc) is 2.01. The van der Waals surface area contributed by atoms with E-state index in [1.165, 1.54) is 0 Å². The first kappa shape index (κ1) is 13.2. The Balaban J connectivity index is 4.21. The van der Waals surface area contributed by atoms with Gasteiger partial charge < -0.3 is 10.6 Å². The van der Waals surface area contributed by atoms with Crippen LogP contribution >= 0.6 is 0 Å². The highest BCUT2D eigenvalue weighted by Crippen LogP contribution is 2.07. The van der Waals surface area contributed by atoms with Crippen molar-refractivity contribution in [1.29, 1.82) is 0 Å². The third-order valence-corrected chi connectivity index (χ3v) is 1.80. The minimum Gasteiger partial charge on any atom is -0.339 e. The van der Waals surface area contributed by atoms with Crippen molar-refractivity contribution < 1.29 is 4.79 Å². The lowest BCUT2D eigenvalue weighted by molar-refractivity contribution is -0.131. The molecule has 2 N–H and O–H groups in total. The van der Waals surface area contributed by atoms with Gasteiger partial charge in [0, 0.05) is 25.0 Å². The summed E-state index contributed by atoms with van der Waals surface area (Å²) >= 11 is 0. The van der Waals surface area contributed by atoms with Gasteiger partial charge in [-0.3, -0.25) is 4.79 Å². The molecule has 0 saturated heterocycles. The molecule has 3 nitrogen and oxygen atoms in total. The molecule has 0 saturated carbocycles. The van der Waals surface area contributed by atoms with E-state index >= 15 is 0 Å². The lowest BCUT2D eigenvalue weighted by Gasteiger charge is -2.25. The van der Waals surface area contributed by atoms with Gasteiger partial charge in [0.2, 0.25) is 5.91 Å². The van der Waals surface area contributed by atoms with Crippen molar-refractivity contribution in [1.82, 2.24) is 4.90 Å². The number of rotatable bonds is 6. The zero-order valence-electron chi connectivity index (χ0n) is 9.55. The van der Waals surface area contributed by atoms with Crippen molar-refractivity contribution >= 4 is 5.91 Å². The van der Waals surface area contributed by atoms with Crippen LogP contribution in [0.1, 0.15) is 33.6 Å². The maximum Gasteiger partial charge on any atom is 0.224 e. The number of amides is 1. The smallest absolute Gasteiger partial charge is 0.224 e. The highest BCUT2D eigenvalue weighted by Gasteiger charge is 2.20. The molecule has 0 spiro atoms. The largest absolute Gasteiger partial charge is 0.339 e. The third-order valence-electron chi connectivity index (χ3n) is 1.80. The molecule has 0 bridgehead atoms. The summed E-state index contributed by atoms with van der Waals surface area (Å²) < 4.78 is 0. The predicted molar refractivity (Wildman–Crippen MR) is 60.0 cm³/mol. The van der Waals surface area contributed by atoms with Crippen LogP contribution in [0.4, 0.5) is 0 Å². The van der Waals surface area contributed by atoms with E-state index in [2.05, 4.69) is 13.5 Å². The monoisotopic (exact) mass is 198 g/mol. The standard InChI is InChI=1S/C11H22N2O/c1-5-7-13(8-6-2)10(14)9-11(3,4)12/h5H,1,6-9,12H2,2-4H3. The maximum absolute atomic E-state index is 11.7. The zero-order valence-corrected chi connectivity index (χ0v) is 9.55. The highest BCUT2D eigenvalue weighted by molar-refractivity contribution is 5.77. The van der Waals surface area contributed by atoms with Crippen molar-refractivity contribution in [2.75, 3.05) is 13.1 Å². The molecule has 0 fully saturated rings. The van der Waals surface area contributed by atoms with Crippen LogP contribution in [-0.4, -0.2) is 29.4 Å². The van der Waals surface area contributed by atoms with Gasteiger partial charge >= 0.3 is 0 Å². The Morgan fingerprint density at radius 1 is 1.57 bits per heavy atom. The first-order chi connectivity index (χ1) is 6.40. The first-order valence-electron chi connectivity index (χ1n) is 5.08. The van der Waals surface area contributed by atoms with Gasteiger partial charge in [0.1, 0.15) is 0 Å². The first-order valence-corrected chi connectivity index (χ1v) is 5.08. The number of carbonyl (C=O) groups excluding carboxylic acids is 1. The van der Waals surface area contributed by atoms with Crippen LogP contribution in [0.2, 0.25) is 0 Å². The topological polar surface area (TPSA) is 46.3 Å². The Morgan fingerprint density at radius 3 is 2.50 bits per heavy atom. The molecule has 0 heterocycles. The van der Waals surface area contributed by atoms with Crippen LogP contribution in [0.3, 0.4) is 0 Å². The van der Waals surface area contributed by atoms with Crippen molar-refractivity contribution in [3.63, 3.8) is 0 Å². The van der Waals surface area contributed by atoms with E-state index in [9.17, 15) is 4.79 Å². The highest BCUT2D eigenvalue weighted by atomic mass is 16.2. The fraction of sp³-hybridized carbons (Fsp3) is 0.727. The summed E-state index contributed by atoms with van der Waals surface area (Å²) in [4.78, 5) is 13.5. The summed E-state index contributed by atoms with van der Waals surface area (Å²) in [5, 5.41) is 0. The van der Waals surface area contributed by atoms with Crippen LogP contribution in [0, 0.1) is 0 Å². The second-order valence-corrected chi connectivity index (χ2v) is 4.29. The van der Waals surface area contributed by atoms with Crippen LogP contribution in [0.15, 0.2) is 12.7 Å². The van der Waals surface area contributed by atoms with Crippen LogP contribution in [0.5, 0.6) is 0 Å². The van der Waals surface area contributed by atoms with Gasteiger partial charge in [-0.1, -0.05) is 13.0 Å². The van der Waals surface area contributed by atoms with E-state index in [1.807, 2.05) is 13.8 Å². The van der Waals surface area contributed by atoms with Gasteiger partial charge in [-0.25, -0.2) is 0 Å². The molecular formula is C11H22N2O. The molecule has 0 radical (unpaired) electrons. The van der Waals surface area contributed by atoms with Gasteiger partial charge in [-0.15, -0.1) is 6.58 Å². The Kier molecular flexibility index (Phi) is 5.46. The van der Waals surface area contributed by atoms with Gasteiger partial charge in [0.25, 0.3) is 0 Å². The molecule has 0 rings (SSSR count). The Labute approximate surface area is 87.0 Å². The van der Waals surface area contributed by atoms with Crippen molar-refractivity contribution in [2.24, 2.45) is 5.73 Å². The molecule has 0 atom stereocenters. The normalized spacial score (nSPS) is 11.1. The molecule has 1 amide bonds. The van der Waals surface area contributed by atoms with E-state index < -0.39 is 5.54 Å². The molecule has 3 heteroatoms. The van der Waals surface area contributed by atoms with Crippen LogP contribution < -0.4 is 5.73 Å². The van der Waals surface area contributed by atoms with Crippen LogP contribution in [0.25, 0.3) is 0 Å². The summed E-state index contributed by atoms with van der Waals surface area (Å²) in [5.74, 6) is 0.110. The average molecular weight is 198 g/mol. The number of hydrogen-bond donors (Lipinski definition) is 1. The van der Waals surface area contributed by atoms with Gasteiger partial charge in [-0.05, 0) is 20.3 Å². The number of nitrogens with zero attached hydrogens (tertiary/aromatic N) is 1. The van der Waals surface area contributed by atoms with E-state index in [0.29, 0.717) is 13.0 Å². The summed E-state index contributed by atoms with van der Waals surface area (Å²) in [6.07, 6.45) is 3.10. The molecule has 0 aliphatic carbocycles. The predicted octanol–water partition coefficient (Wildman–Crippen LogP) is 1.54. The Hall–Kier alpha value is -0.830. The molecule has 0 aromatic heterocycles. The SMILES string of the molecule is C=CCN(CCC)C(=O)CC(C)(C)N. The number of carbonyl (C=O) groups is 1. The second-order valence-electron chi connectivity index (χ2n) is 4.29. The summed E-state index contributed by atoms with van der Waals surface area (Å²) in [7, 11) is 0. The van der Waals surface area contributed by atoms with Crippen molar-refractivity contribution in [3.8, 4) is 0 Å². The molecular weight excluding hydrogens is 176 g/mol. The minimum absolute atomic E-state index is 0.110. The van der Waals surface area contributed by atoms with Gasteiger partial charge in [-0.2, -0.15) is 0 Å². The molecule has 0 aromatic carbocycles. The van der Waals surface area contributed by atoms with E-state index in [0.717, 1.165) is 13.0 Å². The fourth-order valence-corrected chi connectivity index (χ4v) is 1.25. The Morgan fingerprint density at radius 2 is 2.14 bits per heavy atom. The maximum atomic E-state index is 11.7. The van der Waals surface area contributed by atoms with E-state index in [-0.39, 0.29) is 5.91 Å². The molecule has 14 heavy (non-hydrogen) atoms. The number of nitrogens with two attached hydrogens (primary N) is 1. The molecule has 0 aliphatic rings. The summed E-state index contributed by atoms with van der Waals surface area (Å²) in [6.45, 7) is 10.8. The van der Waals surface area contributed by atoms with E-state index in [1.54, 1.807) is 11.0 Å². The quantitative estimate of drug-likeness (QED) is 0.658. The lowest BCUT2D eigenvalue weighted by atomic mass is 10.0. The molecule has 82 valence electrons. The van der Waals surface area contributed by atoms with E-state index in [4.69, 9.17) is 5.73 Å². The minimum atomic E-state index is -0.426. The Bertz CT molecular complexity index is 194. The third kappa shape index (κ3) is 5.75. The second kappa shape index (κ2) is 5.81. The molecule has 0 aliphatic heterocycles. The summed E-state index contributed by atoms with van der Waals surface area (Å²) in [5.41, 5.74) is 5.37. The van der Waals surface area contributed by atoms with Crippen LogP contribution in [-0.2, 0) is 4.79 Å². The molecule has 0 aromatic rings. The fourth-order valence-electron chi connectivity index (χ4n) is 1.25. The van der Waals surface area contributed by atoms with Gasteiger partial charge in [0.15, 0.2) is 0 Å². The summed E-state index contributed by atoms with van der Waals surface area (Å²) in [6, 6.07) is 0. The van der Waals surface area contributed by atoms with Crippen molar-refractivity contribution in [3.05, 3.63) is 12.7 Å².